The molecule has 4 fully saturated rings. The minimum Gasteiger partial charge on any atom is -0.376 e. The molecule has 12 nitrogen and oxygen atoms in total. The molecule has 0 radical (unpaired) electrons. The van der Waals surface area contributed by atoms with Crippen LogP contribution in [0.3, 0.4) is 0 Å². The number of urea groups is 1. The highest BCUT2D eigenvalue weighted by Gasteiger charge is 2.69. The van der Waals surface area contributed by atoms with E-state index in [1.807, 2.05) is 20.8 Å². The quantitative estimate of drug-likeness (QED) is 0.126. The fourth-order valence-corrected chi connectivity index (χ4v) is 9.62. The second kappa shape index (κ2) is 14.8. The predicted octanol–water partition coefficient (Wildman–Crippen LogP) is 3.44. The zero-order valence-corrected chi connectivity index (χ0v) is 32.4. The van der Waals surface area contributed by atoms with E-state index < -0.39 is 73.5 Å². The summed E-state index contributed by atoms with van der Waals surface area (Å²) in [5, 5.41) is 23.5. The van der Waals surface area contributed by atoms with Gasteiger partial charge in [0.2, 0.25) is 11.7 Å². The molecule has 6 atom stereocenters. The van der Waals surface area contributed by atoms with Gasteiger partial charge < -0.3 is 26.4 Å². The average Bonchev–Trinajstić information content (AvgIpc) is 3.87. The summed E-state index contributed by atoms with van der Waals surface area (Å²) < 4.78 is 25.7. The van der Waals surface area contributed by atoms with Crippen LogP contribution in [0.5, 0.6) is 0 Å². The lowest BCUT2D eigenvalue weighted by Crippen LogP contribution is -2.65. The van der Waals surface area contributed by atoms with Crippen molar-refractivity contribution in [1.29, 1.82) is 0 Å². The summed E-state index contributed by atoms with van der Waals surface area (Å²) in [5.74, 6) is -1.54. The number of hydrogen-bond donors (Lipinski definition) is 5. The largest absolute Gasteiger partial charge is 0.376 e. The van der Waals surface area contributed by atoms with Crippen molar-refractivity contribution in [3.63, 3.8) is 0 Å². The van der Waals surface area contributed by atoms with Gasteiger partial charge in [0.05, 0.1) is 34.2 Å². The first-order valence-electron chi connectivity index (χ1n) is 18.5. The van der Waals surface area contributed by atoms with Crippen LogP contribution in [-0.2, 0) is 24.2 Å². The highest BCUT2D eigenvalue weighted by molar-refractivity contribution is 7.92. The van der Waals surface area contributed by atoms with Gasteiger partial charge in [-0.25, -0.2) is 13.2 Å². The summed E-state index contributed by atoms with van der Waals surface area (Å²) in [7, 11) is -3.55. The number of fused-ring (bicyclic) bond motifs is 1. The molecule has 4 rings (SSSR count). The van der Waals surface area contributed by atoms with Crippen LogP contribution in [0.25, 0.3) is 0 Å². The standard InChI is InChI=1S/C37H63N5O7S/c1-10-20-38-31(45)28(43)25(17-16-23-14-15-23)39-30(44)27-26-24(36(26,8)9)21-42(27)32(46)29(34(2,3)4)40-33(47)41-37(18-12-11-13-19-37)22-50(48,49)35(5,6)7/h10,23-27,29,32,46H,1,11-22H2,2-9H3,(H,38,45)(H,39,44)(H2,40,41,47). The van der Waals surface area contributed by atoms with Gasteiger partial charge in [-0.15, -0.1) is 6.58 Å². The van der Waals surface area contributed by atoms with E-state index in [1.54, 1.807) is 25.7 Å². The molecular formula is C37H63N5O7S. The SMILES string of the molecule is C=CCNC(=O)C(=O)C(CCC1CC1)NC(=O)C1C2C(CN1C(O)C(NC(=O)NC1(CS(=O)(=O)C(C)(C)C)CCCCC1)C(C)(C)C)C2(C)C. The van der Waals surface area contributed by atoms with Gasteiger partial charge in [-0.1, -0.05) is 72.8 Å². The fourth-order valence-electron chi connectivity index (χ4n) is 8.10. The Balaban J connectivity index is 1.54. The number of sulfone groups is 1. The Morgan fingerprint density at radius 2 is 1.62 bits per heavy atom. The molecule has 284 valence electrons. The first-order chi connectivity index (χ1) is 23.0. The van der Waals surface area contributed by atoms with E-state index >= 15 is 0 Å². The first-order valence-corrected chi connectivity index (χ1v) is 20.2. The molecular weight excluding hydrogens is 659 g/mol. The number of nitrogens with one attached hydrogen (secondary N) is 4. The molecule has 1 saturated heterocycles. The number of aliphatic hydroxyl groups excluding tert-OH is 1. The third-order valence-electron chi connectivity index (χ3n) is 11.8. The minimum atomic E-state index is -3.55. The lowest BCUT2D eigenvalue weighted by molar-refractivity contribution is -0.142. The second-order valence-electron chi connectivity index (χ2n) is 18.1. The Bertz CT molecular complexity index is 1410. The number of Topliss-reactive ketones (excluding diaryl/α,β-unsaturated/α-hetero) is 1. The van der Waals surface area contributed by atoms with Crippen LogP contribution in [0, 0.1) is 28.6 Å². The number of hydrogen-bond acceptors (Lipinski definition) is 8. The number of likely N-dealkylation sites (tertiary alicyclic amines) is 1. The summed E-state index contributed by atoms with van der Waals surface area (Å²) in [6.07, 6.45) is 7.08. The Labute approximate surface area is 299 Å². The third kappa shape index (κ3) is 9.10. The number of amides is 4. The summed E-state index contributed by atoms with van der Waals surface area (Å²) in [4.78, 5) is 55.6. The van der Waals surface area contributed by atoms with Crippen molar-refractivity contribution in [2.24, 2.45) is 28.6 Å². The van der Waals surface area contributed by atoms with Crippen molar-refractivity contribution in [2.45, 2.75) is 148 Å². The van der Waals surface area contributed by atoms with E-state index in [1.165, 1.54) is 6.08 Å². The molecule has 4 aliphatic rings. The van der Waals surface area contributed by atoms with Gasteiger partial charge in [-0.05, 0) is 75.0 Å². The Morgan fingerprint density at radius 1 is 1.00 bits per heavy atom. The summed E-state index contributed by atoms with van der Waals surface area (Å²) in [6.45, 7) is 19.0. The van der Waals surface area contributed by atoms with Crippen LogP contribution >= 0.6 is 0 Å². The summed E-state index contributed by atoms with van der Waals surface area (Å²) in [5.41, 5.74) is -1.76. The number of nitrogens with zero attached hydrogens (tertiary/aromatic N) is 1. The zero-order chi connectivity index (χ0) is 37.4. The summed E-state index contributed by atoms with van der Waals surface area (Å²) >= 11 is 0. The Kier molecular flexibility index (Phi) is 12.0. The predicted molar refractivity (Wildman–Crippen MR) is 194 cm³/mol. The van der Waals surface area contributed by atoms with E-state index in [0.29, 0.717) is 31.7 Å². The van der Waals surface area contributed by atoms with Crippen LogP contribution in [-0.4, -0.2) is 95.5 Å². The van der Waals surface area contributed by atoms with Crippen LogP contribution in [0.15, 0.2) is 12.7 Å². The van der Waals surface area contributed by atoms with Gasteiger partial charge in [0.1, 0.15) is 6.23 Å². The highest BCUT2D eigenvalue weighted by Crippen LogP contribution is 2.65. The molecule has 1 aliphatic heterocycles. The van der Waals surface area contributed by atoms with Crippen LogP contribution in [0.1, 0.15) is 113 Å². The third-order valence-corrected chi connectivity index (χ3v) is 14.6. The van der Waals surface area contributed by atoms with E-state index in [-0.39, 0.29) is 29.5 Å². The van der Waals surface area contributed by atoms with Gasteiger partial charge >= 0.3 is 6.03 Å². The number of rotatable bonds is 15. The molecule has 13 heteroatoms. The fraction of sp³-hybridized carbons (Fsp3) is 0.838. The molecule has 3 saturated carbocycles. The zero-order valence-electron chi connectivity index (χ0n) is 31.6. The van der Waals surface area contributed by atoms with E-state index in [2.05, 4.69) is 41.7 Å². The number of carbonyl (C=O) groups excluding carboxylic acids is 4. The smallest absolute Gasteiger partial charge is 0.315 e. The second-order valence-corrected chi connectivity index (χ2v) is 20.9. The van der Waals surface area contributed by atoms with Crippen LogP contribution in [0.2, 0.25) is 0 Å². The molecule has 0 aromatic rings. The van der Waals surface area contributed by atoms with Gasteiger partial charge in [0.15, 0.2) is 9.84 Å². The van der Waals surface area contributed by atoms with E-state index in [0.717, 1.165) is 38.5 Å². The van der Waals surface area contributed by atoms with E-state index in [9.17, 15) is 32.7 Å². The van der Waals surface area contributed by atoms with Gasteiger partial charge in [-0.2, -0.15) is 0 Å². The molecule has 6 unspecified atom stereocenters. The van der Waals surface area contributed by atoms with Gasteiger partial charge in [-0.3, -0.25) is 19.3 Å². The van der Waals surface area contributed by atoms with Crippen molar-refractivity contribution in [1.82, 2.24) is 26.2 Å². The van der Waals surface area contributed by atoms with Gasteiger partial charge in [0, 0.05) is 13.1 Å². The lowest BCUT2D eigenvalue weighted by atomic mass is 9.83. The number of piperidine rings is 1. The lowest BCUT2D eigenvalue weighted by Gasteiger charge is -2.44. The maximum Gasteiger partial charge on any atom is 0.315 e. The molecule has 3 aliphatic carbocycles. The highest BCUT2D eigenvalue weighted by atomic mass is 32.2. The number of ketones is 1. The molecule has 0 spiro atoms. The van der Waals surface area contributed by atoms with Crippen molar-refractivity contribution >= 4 is 33.5 Å². The van der Waals surface area contributed by atoms with Crippen molar-refractivity contribution < 1.29 is 32.7 Å². The average molecular weight is 722 g/mol. The molecule has 0 aromatic heterocycles. The number of carbonyl (C=O) groups is 4. The van der Waals surface area contributed by atoms with Crippen molar-refractivity contribution in [2.75, 3.05) is 18.8 Å². The monoisotopic (exact) mass is 721 g/mol. The molecule has 5 N–H and O–H groups in total. The Hall–Kier alpha value is -2.51. The van der Waals surface area contributed by atoms with E-state index in [4.69, 9.17) is 0 Å². The minimum absolute atomic E-state index is 0.0894. The maximum absolute atomic E-state index is 14.2. The molecule has 50 heavy (non-hydrogen) atoms. The van der Waals surface area contributed by atoms with Gasteiger partial charge in [0.25, 0.3) is 5.91 Å². The molecule has 4 amide bonds. The maximum atomic E-state index is 14.2. The van der Waals surface area contributed by atoms with Crippen LogP contribution < -0.4 is 21.3 Å². The number of aliphatic hydroxyl groups is 1. The molecule has 1 heterocycles. The van der Waals surface area contributed by atoms with Crippen molar-refractivity contribution in [3.8, 4) is 0 Å². The van der Waals surface area contributed by atoms with Crippen molar-refractivity contribution in [3.05, 3.63) is 12.7 Å². The topological polar surface area (TPSA) is 174 Å². The summed E-state index contributed by atoms with van der Waals surface area (Å²) in [6, 6.07) is -3.17. The normalized spacial score (nSPS) is 26.5. The van der Waals surface area contributed by atoms with Crippen LogP contribution in [0.4, 0.5) is 4.79 Å². The first kappa shape index (κ1) is 40.3. The molecule has 0 bridgehead atoms. The molecule has 0 aromatic carbocycles. The Morgan fingerprint density at radius 3 is 2.16 bits per heavy atom.